The first-order chi connectivity index (χ1) is 14.9. The van der Waals surface area contributed by atoms with Gasteiger partial charge in [-0.2, -0.15) is 0 Å². The Morgan fingerprint density at radius 2 is 1.84 bits per heavy atom. The summed E-state index contributed by atoms with van der Waals surface area (Å²) in [5, 5.41) is 0. The third-order valence-corrected chi connectivity index (χ3v) is 10.2. The average Bonchev–Trinajstić information content (AvgIpc) is 3.23. The maximum Gasteiger partial charge on any atom is 0.289 e. The van der Waals surface area contributed by atoms with Gasteiger partial charge < -0.3 is 0 Å². The number of hydrogen-bond acceptors (Lipinski definition) is 6. The van der Waals surface area contributed by atoms with Gasteiger partial charge in [-0.15, -0.1) is 23.1 Å². The van der Waals surface area contributed by atoms with Crippen molar-refractivity contribution < 1.29 is 13.3 Å². The van der Waals surface area contributed by atoms with Crippen molar-refractivity contribution in [2.24, 2.45) is 5.92 Å². The Morgan fingerprint density at radius 3 is 2.58 bits per heavy atom. The zero-order valence-electron chi connectivity index (χ0n) is 18.8. The molecule has 1 heterocycles. The Bertz CT molecular complexity index is 877. The van der Waals surface area contributed by atoms with Crippen molar-refractivity contribution in [3.63, 3.8) is 0 Å². The number of nitrogens with zero attached hydrogens (tertiary/aromatic N) is 1. The van der Waals surface area contributed by atoms with Crippen LogP contribution in [0.15, 0.2) is 28.6 Å². The number of nitrogens with one attached hydrogen (secondary N) is 1. The minimum atomic E-state index is -3.82. The largest absolute Gasteiger partial charge is 0.289 e. The number of fused-ring (bicyclic) bond motifs is 1. The van der Waals surface area contributed by atoms with Gasteiger partial charge in [-0.05, 0) is 50.0 Å². The standard InChI is InChI=1S/C23H36N2O3S3/c1-3-4-5-6-7-13-18-29-23(2,19-14-9-8-10-15-19)28-25-31(26,27)22-24-20-16-11-12-17-21(20)30-22/h11-12,16-17,19,25H,3-10,13-15,18H2,1-2H3. The summed E-state index contributed by atoms with van der Waals surface area (Å²) >= 11 is 2.94. The minimum Gasteiger partial charge on any atom is -0.269 e. The van der Waals surface area contributed by atoms with Gasteiger partial charge in [0.1, 0.15) is 4.93 Å². The van der Waals surface area contributed by atoms with Crippen LogP contribution in [0.2, 0.25) is 0 Å². The van der Waals surface area contributed by atoms with Gasteiger partial charge in [0.25, 0.3) is 10.0 Å². The highest BCUT2D eigenvalue weighted by molar-refractivity contribution is 8.00. The van der Waals surface area contributed by atoms with E-state index in [4.69, 9.17) is 4.84 Å². The van der Waals surface area contributed by atoms with E-state index in [0.717, 1.165) is 29.7 Å². The number of rotatable bonds is 13. The van der Waals surface area contributed by atoms with E-state index < -0.39 is 15.0 Å². The molecule has 0 bridgehead atoms. The van der Waals surface area contributed by atoms with Crippen LogP contribution in [0.1, 0.15) is 84.5 Å². The van der Waals surface area contributed by atoms with Crippen LogP contribution in [0.3, 0.4) is 0 Å². The maximum atomic E-state index is 12.9. The number of thiazole rings is 1. The molecule has 0 amide bonds. The molecule has 0 radical (unpaired) electrons. The molecule has 3 rings (SSSR count). The van der Waals surface area contributed by atoms with Crippen LogP contribution >= 0.6 is 23.1 Å². The Balaban J connectivity index is 1.61. The molecule has 31 heavy (non-hydrogen) atoms. The molecule has 1 N–H and O–H groups in total. The normalized spacial score (nSPS) is 17.7. The molecule has 1 aliphatic carbocycles. The summed E-state index contributed by atoms with van der Waals surface area (Å²) in [4.78, 5) is 12.2. The minimum absolute atomic E-state index is 0.0561. The van der Waals surface area contributed by atoms with Crippen LogP contribution in [0.25, 0.3) is 10.2 Å². The lowest BCUT2D eigenvalue weighted by Crippen LogP contribution is -2.42. The molecule has 0 spiro atoms. The number of para-hydroxylation sites is 1. The second-order valence-corrected chi connectivity index (χ2v) is 13.0. The first-order valence-electron chi connectivity index (χ1n) is 11.6. The fraction of sp³-hybridized carbons (Fsp3) is 0.696. The van der Waals surface area contributed by atoms with Crippen molar-refractivity contribution in [2.45, 2.75) is 93.7 Å². The van der Waals surface area contributed by atoms with E-state index in [0.29, 0.717) is 11.4 Å². The summed E-state index contributed by atoms with van der Waals surface area (Å²) in [6.45, 7) is 4.30. The summed E-state index contributed by atoms with van der Waals surface area (Å²) in [7, 11) is -3.82. The van der Waals surface area contributed by atoms with E-state index in [2.05, 4.69) is 23.7 Å². The van der Waals surface area contributed by atoms with E-state index in [1.807, 2.05) is 24.3 Å². The van der Waals surface area contributed by atoms with Crippen LogP contribution < -0.4 is 4.89 Å². The summed E-state index contributed by atoms with van der Waals surface area (Å²) in [6.07, 6.45) is 13.3. The van der Waals surface area contributed by atoms with Gasteiger partial charge in [0.15, 0.2) is 0 Å². The zero-order valence-corrected chi connectivity index (χ0v) is 21.2. The number of thioether (sulfide) groups is 1. The molecule has 0 aliphatic heterocycles. The fourth-order valence-corrected chi connectivity index (χ4v) is 7.61. The highest BCUT2D eigenvalue weighted by Gasteiger charge is 2.38. The van der Waals surface area contributed by atoms with E-state index in [1.165, 1.54) is 62.7 Å². The van der Waals surface area contributed by atoms with E-state index in [-0.39, 0.29) is 4.34 Å². The molecular formula is C23H36N2O3S3. The maximum absolute atomic E-state index is 12.9. The molecule has 1 fully saturated rings. The van der Waals surface area contributed by atoms with Crippen molar-refractivity contribution in [2.75, 3.05) is 5.75 Å². The van der Waals surface area contributed by atoms with E-state index in [1.54, 1.807) is 11.8 Å². The molecule has 0 saturated heterocycles. The predicted molar refractivity (Wildman–Crippen MR) is 132 cm³/mol. The summed E-state index contributed by atoms with van der Waals surface area (Å²) in [5.74, 6) is 1.34. The average molecular weight is 485 g/mol. The van der Waals surface area contributed by atoms with Crippen molar-refractivity contribution >= 4 is 43.3 Å². The molecule has 8 heteroatoms. The topological polar surface area (TPSA) is 68.3 Å². The first kappa shape index (κ1) is 25.0. The fourth-order valence-electron chi connectivity index (χ4n) is 4.15. The SMILES string of the molecule is CCCCCCCCSC(C)(ONS(=O)(=O)c1nc2ccccc2s1)C1CCCCC1. The van der Waals surface area contributed by atoms with Gasteiger partial charge in [-0.3, -0.25) is 4.84 Å². The van der Waals surface area contributed by atoms with Crippen molar-refractivity contribution in [3.8, 4) is 0 Å². The second kappa shape index (κ2) is 12.0. The molecular weight excluding hydrogens is 448 g/mol. The molecule has 1 aromatic carbocycles. The summed E-state index contributed by atoms with van der Waals surface area (Å²) in [6, 6.07) is 7.46. The van der Waals surface area contributed by atoms with Gasteiger partial charge in [-0.25, -0.2) is 13.4 Å². The number of unbranched alkanes of at least 4 members (excludes halogenated alkanes) is 5. The quantitative estimate of drug-likeness (QED) is 0.190. The molecule has 2 aromatic rings. The van der Waals surface area contributed by atoms with E-state index >= 15 is 0 Å². The third kappa shape index (κ3) is 7.16. The Hall–Kier alpha value is -0.670. The second-order valence-electron chi connectivity index (χ2n) is 8.60. The number of sulfonamides is 1. The van der Waals surface area contributed by atoms with E-state index in [9.17, 15) is 8.42 Å². The van der Waals surface area contributed by atoms with Gasteiger partial charge in [-0.1, -0.05) is 75.3 Å². The predicted octanol–water partition coefficient (Wildman–Crippen LogP) is 6.90. The van der Waals surface area contributed by atoms with Crippen molar-refractivity contribution in [1.29, 1.82) is 0 Å². The molecule has 174 valence electrons. The van der Waals surface area contributed by atoms with Gasteiger partial charge in [0, 0.05) is 0 Å². The first-order valence-corrected chi connectivity index (χ1v) is 14.9. The van der Waals surface area contributed by atoms with Gasteiger partial charge in [0.2, 0.25) is 4.34 Å². The Morgan fingerprint density at radius 1 is 1.13 bits per heavy atom. The highest BCUT2D eigenvalue weighted by atomic mass is 32.2. The van der Waals surface area contributed by atoms with Crippen LogP contribution in [0.5, 0.6) is 0 Å². The van der Waals surface area contributed by atoms with Crippen molar-refractivity contribution in [3.05, 3.63) is 24.3 Å². The lowest BCUT2D eigenvalue weighted by molar-refractivity contribution is -0.0434. The Kier molecular flexibility index (Phi) is 9.65. The van der Waals surface area contributed by atoms with Crippen LogP contribution in [-0.4, -0.2) is 24.1 Å². The molecule has 1 atom stereocenters. The monoisotopic (exact) mass is 484 g/mol. The zero-order chi connectivity index (χ0) is 22.2. The van der Waals surface area contributed by atoms with Crippen molar-refractivity contribution in [1.82, 2.24) is 9.87 Å². The molecule has 1 unspecified atom stereocenters. The number of aromatic nitrogens is 1. The highest BCUT2D eigenvalue weighted by Crippen LogP contribution is 2.42. The summed E-state index contributed by atoms with van der Waals surface area (Å²) < 4.78 is 26.7. The molecule has 1 saturated carbocycles. The lowest BCUT2D eigenvalue weighted by Gasteiger charge is -2.38. The van der Waals surface area contributed by atoms with Gasteiger partial charge in [0.05, 0.1) is 10.2 Å². The number of hydrogen-bond donors (Lipinski definition) is 1. The van der Waals surface area contributed by atoms with Gasteiger partial charge >= 0.3 is 0 Å². The molecule has 5 nitrogen and oxygen atoms in total. The van der Waals surface area contributed by atoms with Crippen LogP contribution in [-0.2, 0) is 14.9 Å². The summed E-state index contributed by atoms with van der Waals surface area (Å²) in [5.41, 5.74) is 0.695. The smallest absolute Gasteiger partial charge is 0.269 e. The Labute approximate surface area is 195 Å². The molecule has 1 aromatic heterocycles. The van der Waals surface area contributed by atoms with Crippen LogP contribution in [0.4, 0.5) is 0 Å². The number of benzene rings is 1. The molecule has 1 aliphatic rings. The van der Waals surface area contributed by atoms with Crippen LogP contribution in [0, 0.1) is 5.92 Å². The lowest BCUT2D eigenvalue weighted by atomic mass is 9.85. The third-order valence-electron chi connectivity index (χ3n) is 6.09.